The first-order valence-corrected chi connectivity index (χ1v) is 9.51. The Morgan fingerprint density at radius 3 is 2.68 bits per heavy atom. The molecule has 1 aromatic carbocycles. The van der Waals surface area contributed by atoms with Gasteiger partial charge >= 0.3 is 6.09 Å². The number of aromatic nitrogens is 1. The van der Waals surface area contributed by atoms with E-state index in [9.17, 15) is 9.18 Å². The molecule has 0 spiro atoms. The molecule has 1 aliphatic rings. The quantitative estimate of drug-likeness (QED) is 0.720. The lowest BCUT2D eigenvalue weighted by Crippen LogP contribution is -2.33. The molecule has 1 aliphatic heterocycles. The lowest BCUT2D eigenvalue weighted by Gasteiger charge is -2.19. The minimum absolute atomic E-state index is 0.0479. The van der Waals surface area contributed by atoms with Crippen LogP contribution < -0.4 is 5.32 Å². The van der Waals surface area contributed by atoms with Crippen LogP contribution in [0.5, 0.6) is 0 Å². The molecule has 1 amide bonds. The average Bonchev–Trinajstić information content (AvgIpc) is 3.34. The minimum atomic E-state index is -0.541. The predicted molar refractivity (Wildman–Crippen MR) is 106 cm³/mol. The maximum absolute atomic E-state index is 13.5. The van der Waals surface area contributed by atoms with Crippen molar-refractivity contribution in [1.82, 2.24) is 10.3 Å². The molecule has 3 rings (SSSR count). The Labute approximate surface area is 169 Å². The van der Waals surface area contributed by atoms with Crippen molar-refractivity contribution in [3.8, 4) is 11.3 Å². The molecule has 150 valence electrons. The van der Waals surface area contributed by atoms with Crippen molar-refractivity contribution in [1.29, 1.82) is 0 Å². The molecular formula is C21H24ClFN2O3. The van der Waals surface area contributed by atoms with Gasteiger partial charge in [-0.25, -0.2) is 14.2 Å². The summed E-state index contributed by atoms with van der Waals surface area (Å²) in [5.74, 6) is -0.471. The van der Waals surface area contributed by atoms with Crippen LogP contribution in [0.1, 0.15) is 39.0 Å². The second-order valence-electron chi connectivity index (χ2n) is 8.07. The molecule has 0 saturated carbocycles. The maximum Gasteiger partial charge on any atom is 0.407 e. The molecule has 1 atom stereocenters. The first kappa shape index (κ1) is 20.6. The fourth-order valence-corrected chi connectivity index (χ4v) is 2.87. The van der Waals surface area contributed by atoms with E-state index in [-0.39, 0.29) is 5.02 Å². The zero-order valence-electron chi connectivity index (χ0n) is 16.4. The number of halogens is 2. The van der Waals surface area contributed by atoms with Gasteiger partial charge < -0.3 is 14.8 Å². The maximum atomic E-state index is 13.5. The van der Waals surface area contributed by atoms with E-state index in [1.165, 1.54) is 6.07 Å². The van der Waals surface area contributed by atoms with E-state index in [0.717, 1.165) is 16.8 Å². The van der Waals surface area contributed by atoms with Crippen molar-refractivity contribution in [2.75, 3.05) is 13.2 Å². The summed E-state index contributed by atoms with van der Waals surface area (Å²) in [7, 11) is 0. The Bertz CT molecular complexity index is 892. The van der Waals surface area contributed by atoms with Crippen LogP contribution in [-0.4, -0.2) is 29.8 Å². The van der Waals surface area contributed by atoms with Crippen LogP contribution >= 0.6 is 11.6 Å². The Morgan fingerprint density at radius 1 is 1.36 bits per heavy atom. The number of ether oxygens (including phenoxy) is 2. The topological polar surface area (TPSA) is 63.8 Å². The molecule has 1 N–H and O–H groups in total. The number of carbonyl (C=O) groups is 1. The third kappa shape index (κ3) is 5.20. The number of pyridine rings is 1. The van der Waals surface area contributed by atoms with Crippen LogP contribution in [0.2, 0.25) is 5.02 Å². The van der Waals surface area contributed by atoms with Gasteiger partial charge in [0.05, 0.1) is 23.0 Å². The lowest BCUT2D eigenvalue weighted by atomic mass is 10.0. The molecule has 1 unspecified atom stereocenters. The Balaban J connectivity index is 1.79. The average molecular weight is 407 g/mol. The molecule has 1 aromatic heterocycles. The zero-order chi connectivity index (χ0) is 20.5. The zero-order valence-corrected chi connectivity index (χ0v) is 17.2. The van der Waals surface area contributed by atoms with Crippen LogP contribution in [-0.2, 0) is 21.5 Å². The SMILES string of the molecule is CC(C)(C)OC(=O)NCCc1cc(-c2ccc(F)c(Cl)c2)nc(C2(C)CO2)c1. The van der Waals surface area contributed by atoms with Gasteiger partial charge in [-0.3, -0.25) is 0 Å². The van der Waals surface area contributed by atoms with Crippen molar-refractivity contribution < 1.29 is 18.7 Å². The van der Waals surface area contributed by atoms with E-state index in [1.807, 2.05) is 39.8 Å². The first-order valence-electron chi connectivity index (χ1n) is 9.13. The third-order valence-electron chi connectivity index (χ3n) is 4.30. The van der Waals surface area contributed by atoms with Crippen molar-refractivity contribution in [2.24, 2.45) is 0 Å². The molecule has 5 nitrogen and oxygen atoms in total. The van der Waals surface area contributed by atoms with E-state index in [4.69, 9.17) is 21.1 Å². The second-order valence-corrected chi connectivity index (χ2v) is 8.48. The minimum Gasteiger partial charge on any atom is -0.444 e. The van der Waals surface area contributed by atoms with Gasteiger partial charge in [-0.05, 0) is 70.0 Å². The van der Waals surface area contributed by atoms with Crippen LogP contribution in [0, 0.1) is 5.82 Å². The van der Waals surface area contributed by atoms with Crippen LogP contribution in [0.4, 0.5) is 9.18 Å². The standard InChI is InChI=1S/C21H24ClFN2O3/c1-20(2,3)28-19(26)24-8-7-13-9-17(14-5-6-16(23)15(22)11-14)25-18(10-13)21(4)12-27-21/h5-6,9-11H,7-8,12H2,1-4H3,(H,24,26). The van der Waals surface area contributed by atoms with Gasteiger partial charge in [0.1, 0.15) is 17.0 Å². The second kappa shape index (κ2) is 7.68. The summed E-state index contributed by atoms with van der Waals surface area (Å²) in [5.41, 5.74) is 2.24. The van der Waals surface area contributed by atoms with E-state index >= 15 is 0 Å². The number of nitrogens with zero attached hydrogens (tertiary/aromatic N) is 1. The van der Waals surface area contributed by atoms with Gasteiger partial charge in [0.25, 0.3) is 0 Å². The number of epoxide rings is 1. The van der Waals surface area contributed by atoms with Crippen LogP contribution in [0.15, 0.2) is 30.3 Å². The van der Waals surface area contributed by atoms with Gasteiger partial charge in [0.2, 0.25) is 0 Å². The summed E-state index contributed by atoms with van der Waals surface area (Å²) < 4.78 is 24.3. The molecule has 28 heavy (non-hydrogen) atoms. The number of alkyl carbamates (subject to hydrolysis) is 1. The van der Waals surface area contributed by atoms with Gasteiger partial charge in [-0.15, -0.1) is 0 Å². The normalized spacial score (nSPS) is 18.6. The summed E-state index contributed by atoms with van der Waals surface area (Å²) in [6.45, 7) is 8.44. The number of carbonyl (C=O) groups excluding carboxylic acids is 1. The molecule has 2 heterocycles. The molecule has 1 saturated heterocycles. The number of hydrogen-bond acceptors (Lipinski definition) is 4. The van der Waals surface area contributed by atoms with E-state index < -0.39 is 23.1 Å². The molecule has 0 bridgehead atoms. The summed E-state index contributed by atoms with van der Waals surface area (Å²) >= 11 is 5.93. The van der Waals surface area contributed by atoms with Gasteiger partial charge in [-0.2, -0.15) is 0 Å². The Morgan fingerprint density at radius 2 is 2.07 bits per heavy atom. The predicted octanol–water partition coefficient (Wildman–Crippen LogP) is 4.85. The summed E-state index contributed by atoms with van der Waals surface area (Å²) in [6.07, 6.45) is 0.136. The fraction of sp³-hybridized carbons (Fsp3) is 0.429. The van der Waals surface area contributed by atoms with Gasteiger partial charge in [0, 0.05) is 12.1 Å². The molecule has 0 aliphatic carbocycles. The number of nitrogens with one attached hydrogen (secondary N) is 1. The van der Waals surface area contributed by atoms with E-state index in [2.05, 4.69) is 10.3 Å². The lowest BCUT2D eigenvalue weighted by molar-refractivity contribution is 0.0528. The molecular weight excluding hydrogens is 383 g/mol. The van der Waals surface area contributed by atoms with Gasteiger partial charge in [0.15, 0.2) is 0 Å². The largest absolute Gasteiger partial charge is 0.444 e. The number of benzene rings is 1. The third-order valence-corrected chi connectivity index (χ3v) is 4.59. The summed E-state index contributed by atoms with van der Waals surface area (Å²) in [4.78, 5) is 16.5. The number of amides is 1. The number of hydrogen-bond donors (Lipinski definition) is 1. The van der Waals surface area contributed by atoms with Crippen LogP contribution in [0.25, 0.3) is 11.3 Å². The molecule has 0 radical (unpaired) electrons. The van der Waals surface area contributed by atoms with Crippen molar-refractivity contribution in [3.05, 3.63) is 52.4 Å². The van der Waals surface area contributed by atoms with E-state index in [1.54, 1.807) is 12.1 Å². The van der Waals surface area contributed by atoms with Gasteiger partial charge in [-0.1, -0.05) is 11.6 Å². The molecule has 1 fully saturated rings. The van der Waals surface area contributed by atoms with Crippen molar-refractivity contribution in [3.63, 3.8) is 0 Å². The van der Waals surface area contributed by atoms with E-state index in [0.29, 0.717) is 25.3 Å². The first-order chi connectivity index (χ1) is 13.1. The highest BCUT2D eigenvalue weighted by molar-refractivity contribution is 6.31. The molecule has 7 heteroatoms. The van der Waals surface area contributed by atoms with Crippen LogP contribution in [0.3, 0.4) is 0 Å². The highest BCUT2D eigenvalue weighted by atomic mass is 35.5. The summed E-state index contributed by atoms with van der Waals surface area (Å²) in [6, 6.07) is 8.41. The summed E-state index contributed by atoms with van der Waals surface area (Å²) in [5, 5.41) is 2.80. The Hall–Kier alpha value is -2.18. The number of rotatable bonds is 5. The Kier molecular flexibility index (Phi) is 5.64. The monoisotopic (exact) mass is 406 g/mol. The highest BCUT2D eigenvalue weighted by Gasteiger charge is 2.43. The molecule has 2 aromatic rings. The smallest absolute Gasteiger partial charge is 0.407 e. The fourth-order valence-electron chi connectivity index (χ4n) is 2.69. The van der Waals surface area contributed by atoms with Crippen molar-refractivity contribution in [2.45, 2.75) is 45.3 Å². The van der Waals surface area contributed by atoms with Crippen molar-refractivity contribution >= 4 is 17.7 Å². The highest BCUT2D eigenvalue weighted by Crippen LogP contribution is 2.38.